The molecule has 0 saturated heterocycles. The summed E-state index contributed by atoms with van der Waals surface area (Å²) in [6.45, 7) is 2.54. The molecule has 2 heterocycles. The third-order valence-corrected chi connectivity index (χ3v) is 3.92. The van der Waals surface area contributed by atoms with E-state index in [4.69, 9.17) is 0 Å². The van der Waals surface area contributed by atoms with Crippen LogP contribution in [0.2, 0.25) is 0 Å². The van der Waals surface area contributed by atoms with Crippen molar-refractivity contribution in [1.29, 1.82) is 0 Å². The number of carbonyl (C=O) groups is 1. The lowest BCUT2D eigenvalue weighted by Gasteiger charge is -2.05. The molecule has 3 aromatic rings. The van der Waals surface area contributed by atoms with E-state index in [0.29, 0.717) is 6.54 Å². The third-order valence-electron chi connectivity index (χ3n) is 3.04. The van der Waals surface area contributed by atoms with E-state index in [2.05, 4.69) is 20.4 Å². The Balaban J connectivity index is 1.63. The number of benzene rings is 1. The van der Waals surface area contributed by atoms with E-state index in [1.165, 1.54) is 12.4 Å². The average Bonchev–Trinajstić information content (AvgIpc) is 3.17. The molecule has 0 aliphatic heterocycles. The van der Waals surface area contributed by atoms with Crippen LogP contribution in [0.15, 0.2) is 49.2 Å². The molecule has 0 bridgehead atoms. The highest BCUT2D eigenvalue weighted by Gasteiger charge is 2.01. The summed E-state index contributed by atoms with van der Waals surface area (Å²) in [6.07, 6.45) is 8.18. The molecule has 6 nitrogen and oxygen atoms in total. The van der Waals surface area contributed by atoms with Gasteiger partial charge in [0.2, 0.25) is 5.91 Å². The van der Waals surface area contributed by atoms with E-state index >= 15 is 0 Å². The second-order valence-corrected chi connectivity index (χ2v) is 6.16. The Kier molecular flexibility index (Phi) is 4.58. The second-order valence-electron chi connectivity index (χ2n) is 4.90. The zero-order chi connectivity index (χ0) is 16.1. The smallest absolute Gasteiger partial charge is 0.248 e. The predicted molar refractivity (Wildman–Crippen MR) is 90.1 cm³/mol. The number of hydrogen-bond acceptors (Lipinski definition) is 5. The minimum Gasteiger partial charge on any atom is -0.323 e. The summed E-state index contributed by atoms with van der Waals surface area (Å²) in [5, 5.41) is 7.90. The topological polar surface area (TPSA) is 72.7 Å². The molecule has 1 aromatic carbocycles. The maximum Gasteiger partial charge on any atom is 0.248 e. The van der Waals surface area contributed by atoms with Crippen molar-refractivity contribution >= 4 is 29.0 Å². The Hall–Kier alpha value is -2.80. The average molecular weight is 325 g/mol. The van der Waals surface area contributed by atoms with Crippen LogP contribution in [-0.2, 0) is 11.3 Å². The number of rotatable bonds is 5. The molecule has 1 amide bonds. The molecule has 23 heavy (non-hydrogen) atoms. The van der Waals surface area contributed by atoms with Crippen molar-refractivity contribution in [2.75, 3.05) is 5.32 Å². The van der Waals surface area contributed by atoms with Crippen LogP contribution in [0, 0.1) is 6.92 Å². The van der Waals surface area contributed by atoms with E-state index in [9.17, 15) is 4.79 Å². The van der Waals surface area contributed by atoms with E-state index in [1.54, 1.807) is 34.6 Å². The van der Waals surface area contributed by atoms with E-state index < -0.39 is 0 Å². The van der Waals surface area contributed by atoms with Crippen molar-refractivity contribution in [1.82, 2.24) is 19.7 Å². The Morgan fingerprint density at radius 2 is 2.35 bits per heavy atom. The highest BCUT2D eigenvalue weighted by atomic mass is 32.1. The minimum absolute atomic E-state index is 0.172. The lowest BCUT2D eigenvalue weighted by atomic mass is 10.2. The summed E-state index contributed by atoms with van der Waals surface area (Å²) in [6, 6.07) is 7.66. The molecule has 116 valence electrons. The lowest BCUT2D eigenvalue weighted by molar-refractivity contribution is -0.111. The minimum atomic E-state index is -0.172. The largest absolute Gasteiger partial charge is 0.323 e. The highest BCUT2D eigenvalue weighted by molar-refractivity contribution is 7.12. The Morgan fingerprint density at radius 1 is 1.43 bits per heavy atom. The lowest BCUT2D eigenvalue weighted by Crippen LogP contribution is -2.08. The van der Waals surface area contributed by atoms with Crippen LogP contribution < -0.4 is 5.32 Å². The summed E-state index contributed by atoms with van der Waals surface area (Å²) in [5.74, 6) is -0.172. The fourth-order valence-corrected chi connectivity index (χ4v) is 2.73. The maximum atomic E-state index is 12.0. The van der Waals surface area contributed by atoms with Gasteiger partial charge in [0, 0.05) is 22.8 Å². The van der Waals surface area contributed by atoms with Crippen LogP contribution in [0.5, 0.6) is 0 Å². The summed E-state index contributed by atoms with van der Waals surface area (Å²) in [7, 11) is 0. The van der Waals surface area contributed by atoms with Gasteiger partial charge in [-0.1, -0.05) is 12.1 Å². The van der Waals surface area contributed by atoms with Crippen LogP contribution in [0.3, 0.4) is 0 Å². The normalized spacial score (nSPS) is 11.0. The first-order valence-electron chi connectivity index (χ1n) is 7.02. The van der Waals surface area contributed by atoms with E-state index in [1.807, 2.05) is 31.2 Å². The van der Waals surface area contributed by atoms with Gasteiger partial charge in [-0.15, -0.1) is 11.3 Å². The van der Waals surface area contributed by atoms with E-state index in [0.717, 1.165) is 21.1 Å². The first kappa shape index (κ1) is 15.1. The van der Waals surface area contributed by atoms with Crippen LogP contribution >= 0.6 is 11.3 Å². The molecule has 0 aliphatic rings. The number of hydrogen-bond donors (Lipinski definition) is 1. The molecular weight excluding hydrogens is 310 g/mol. The van der Waals surface area contributed by atoms with Crippen LogP contribution in [0.1, 0.15) is 15.4 Å². The first-order chi connectivity index (χ1) is 11.2. The third kappa shape index (κ3) is 4.33. The van der Waals surface area contributed by atoms with Gasteiger partial charge in [-0.2, -0.15) is 5.10 Å². The van der Waals surface area contributed by atoms with Crippen LogP contribution in [0.4, 0.5) is 5.69 Å². The molecule has 0 atom stereocenters. The molecular formula is C16H15N5OS. The number of aromatic nitrogens is 4. The molecule has 0 saturated carbocycles. The van der Waals surface area contributed by atoms with Gasteiger partial charge < -0.3 is 5.32 Å². The summed E-state index contributed by atoms with van der Waals surface area (Å²) in [5.41, 5.74) is 1.79. The van der Waals surface area contributed by atoms with Crippen LogP contribution in [0.25, 0.3) is 6.08 Å². The SMILES string of the molecule is Cc1ncc(/C=C/C(=O)Nc2cccc(Cn3cncn3)c2)s1. The quantitative estimate of drug-likeness (QED) is 0.732. The number of aryl methyl sites for hydroxylation is 1. The first-order valence-corrected chi connectivity index (χ1v) is 7.83. The predicted octanol–water partition coefficient (Wildman–Crippen LogP) is 2.74. The Bertz CT molecular complexity index is 823. The maximum absolute atomic E-state index is 12.0. The molecule has 0 aliphatic carbocycles. The molecule has 2 aromatic heterocycles. The number of anilines is 1. The Morgan fingerprint density at radius 3 is 3.09 bits per heavy atom. The zero-order valence-corrected chi connectivity index (χ0v) is 13.3. The second kappa shape index (κ2) is 6.97. The van der Waals surface area contributed by atoms with Crippen molar-refractivity contribution < 1.29 is 4.79 Å². The number of nitrogens with one attached hydrogen (secondary N) is 1. The highest BCUT2D eigenvalue weighted by Crippen LogP contribution is 2.14. The van der Waals surface area contributed by atoms with Crippen molar-refractivity contribution in [3.05, 3.63) is 64.6 Å². The molecule has 0 spiro atoms. The molecule has 0 radical (unpaired) electrons. The van der Waals surface area contributed by atoms with Gasteiger partial charge in [-0.3, -0.25) is 4.79 Å². The fourth-order valence-electron chi connectivity index (χ4n) is 2.05. The Labute approximate surface area is 137 Å². The summed E-state index contributed by atoms with van der Waals surface area (Å²) in [4.78, 5) is 21.0. The zero-order valence-electron chi connectivity index (χ0n) is 12.5. The van der Waals surface area contributed by atoms with Gasteiger partial charge in [0.1, 0.15) is 12.7 Å². The summed E-state index contributed by atoms with van der Waals surface area (Å²) < 4.78 is 1.73. The van der Waals surface area contributed by atoms with Gasteiger partial charge in [0.05, 0.1) is 11.6 Å². The van der Waals surface area contributed by atoms with Gasteiger partial charge in [-0.05, 0) is 30.7 Å². The standard InChI is InChI=1S/C16H15N5OS/c1-12-18-8-15(23-12)5-6-16(22)20-14-4-2-3-13(7-14)9-21-11-17-10-19-21/h2-8,10-11H,9H2,1H3,(H,20,22)/b6-5+. The summed E-state index contributed by atoms with van der Waals surface area (Å²) >= 11 is 1.55. The monoisotopic (exact) mass is 325 g/mol. The van der Waals surface area contributed by atoms with Gasteiger partial charge >= 0.3 is 0 Å². The molecule has 1 N–H and O–H groups in total. The van der Waals surface area contributed by atoms with Crippen molar-refractivity contribution in [2.45, 2.75) is 13.5 Å². The molecule has 0 fully saturated rings. The van der Waals surface area contributed by atoms with Gasteiger partial charge in [-0.25, -0.2) is 14.6 Å². The fraction of sp³-hybridized carbons (Fsp3) is 0.125. The van der Waals surface area contributed by atoms with Crippen LogP contribution in [-0.4, -0.2) is 25.7 Å². The number of amides is 1. The molecule has 0 unspecified atom stereocenters. The van der Waals surface area contributed by atoms with Crippen molar-refractivity contribution in [3.8, 4) is 0 Å². The van der Waals surface area contributed by atoms with Gasteiger partial charge in [0.15, 0.2) is 0 Å². The molecule has 3 rings (SSSR count). The van der Waals surface area contributed by atoms with Gasteiger partial charge in [0.25, 0.3) is 0 Å². The molecule has 7 heteroatoms. The number of carbonyl (C=O) groups excluding carboxylic acids is 1. The van der Waals surface area contributed by atoms with Crippen molar-refractivity contribution in [2.24, 2.45) is 0 Å². The number of thiazole rings is 1. The van der Waals surface area contributed by atoms with E-state index in [-0.39, 0.29) is 5.91 Å². The van der Waals surface area contributed by atoms with Crippen molar-refractivity contribution in [3.63, 3.8) is 0 Å². The number of nitrogens with zero attached hydrogens (tertiary/aromatic N) is 4.